The van der Waals surface area contributed by atoms with Crippen molar-refractivity contribution < 1.29 is 32.6 Å². The lowest BCUT2D eigenvalue weighted by atomic mass is 10.00. The van der Waals surface area contributed by atoms with E-state index in [-0.39, 0.29) is 48.7 Å². The number of benzene rings is 2. The number of aromatic amines is 1. The van der Waals surface area contributed by atoms with Gasteiger partial charge in [-0.3, -0.25) is 24.3 Å². The van der Waals surface area contributed by atoms with Crippen molar-refractivity contribution in [2.45, 2.75) is 37.6 Å². The molecule has 44 heavy (non-hydrogen) atoms. The first-order chi connectivity index (χ1) is 21.0. The van der Waals surface area contributed by atoms with Crippen molar-refractivity contribution in [1.29, 1.82) is 0 Å². The van der Waals surface area contributed by atoms with Crippen LogP contribution in [0.25, 0.3) is 0 Å². The first-order valence-electron chi connectivity index (χ1n) is 14.2. The number of ether oxygens (including phenoxy) is 1. The largest absolute Gasteiger partial charge is 0.491 e. The minimum atomic E-state index is -4.52. The van der Waals surface area contributed by atoms with Gasteiger partial charge in [0.25, 0.3) is 17.4 Å². The number of aliphatic imine (C=N–C) groups is 1. The summed E-state index contributed by atoms with van der Waals surface area (Å²) in [5.41, 5.74) is 1.63. The van der Waals surface area contributed by atoms with Gasteiger partial charge in [-0.15, -0.1) is 0 Å². The Bertz CT molecular complexity index is 1710. The van der Waals surface area contributed by atoms with Crippen LogP contribution in [-0.2, 0) is 12.6 Å². The topological polar surface area (TPSA) is 127 Å². The Morgan fingerprint density at radius 3 is 2.55 bits per heavy atom. The van der Waals surface area contributed by atoms with Crippen molar-refractivity contribution >= 4 is 28.9 Å². The van der Waals surface area contributed by atoms with Gasteiger partial charge in [0.15, 0.2) is 0 Å². The number of pyridine rings is 1. The third-order valence-electron chi connectivity index (χ3n) is 8.17. The van der Waals surface area contributed by atoms with Crippen LogP contribution in [-0.4, -0.2) is 82.9 Å². The summed E-state index contributed by atoms with van der Waals surface area (Å²) < 4.78 is 44.3. The molecule has 0 radical (unpaired) electrons. The van der Waals surface area contributed by atoms with Crippen molar-refractivity contribution in [1.82, 2.24) is 14.8 Å². The number of hydrogen-bond donors (Lipinski definition) is 3. The summed E-state index contributed by atoms with van der Waals surface area (Å²) in [5, 5.41) is 13.5. The first-order valence-corrected chi connectivity index (χ1v) is 14.2. The monoisotopic (exact) mass is 609 g/mol. The highest BCUT2D eigenvalue weighted by molar-refractivity contribution is 6.22. The quantitative estimate of drug-likeness (QED) is 0.333. The van der Waals surface area contributed by atoms with E-state index in [1.54, 1.807) is 18.2 Å². The number of likely N-dealkylation sites (tertiary alicyclic amines) is 1. The maximum absolute atomic E-state index is 13.3. The number of fused-ring (bicyclic) bond motifs is 2. The van der Waals surface area contributed by atoms with Crippen LogP contribution in [0.4, 0.5) is 24.5 Å². The van der Waals surface area contributed by atoms with Crippen molar-refractivity contribution in [2.75, 3.05) is 38.6 Å². The number of nitrogens with zero attached hydrogens (tertiary/aromatic N) is 3. The predicted molar refractivity (Wildman–Crippen MR) is 156 cm³/mol. The zero-order chi connectivity index (χ0) is 31.2. The molecule has 2 aromatic carbocycles. The lowest BCUT2D eigenvalue weighted by molar-refractivity contribution is -0.137. The highest BCUT2D eigenvalue weighted by atomic mass is 19.4. The average molecular weight is 610 g/mol. The first kappa shape index (κ1) is 29.6. The Morgan fingerprint density at radius 2 is 1.82 bits per heavy atom. The normalized spacial score (nSPS) is 17.8. The Kier molecular flexibility index (Phi) is 7.76. The molecule has 3 aromatic rings. The number of hydrogen-bond acceptors (Lipinski definition) is 8. The molecule has 10 nitrogen and oxygen atoms in total. The fraction of sp³-hybridized carbons (Fsp3) is 0.355. The van der Waals surface area contributed by atoms with E-state index in [4.69, 9.17) is 4.74 Å². The van der Waals surface area contributed by atoms with Gasteiger partial charge in [0.1, 0.15) is 18.5 Å². The minimum Gasteiger partial charge on any atom is -0.491 e. The van der Waals surface area contributed by atoms with E-state index in [1.165, 1.54) is 23.2 Å². The summed E-state index contributed by atoms with van der Waals surface area (Å²) in [4.78, 5) is 50.3. The number of aliphatic hydroxyl groups excluding tert-OH is 1. The van der Waals surface area contributed by atoms with Crippen molar-refractivity contribution in [2.24, 2.45) is 4.99 Å². The van der Waals surface area contributed by atoms with Crippen molar-refractivity contribution in [3.8, 4) is 5.75 Å². The van der Waals surface area contributed by atoms with Crippen LogP contribution in [0.15, 0.2) is 58.4 Å². The van der Waals surface area contributed by atoms with Gasteiger partial charge >= 0.3 is 6.18 Å². The smallest absolute Gasteiger partial charge is 0.416 e. The van der Waals surface area contributed by atoms with E-state index < -0.39 is 23.4 Å². The van der Waals surface area contributed by atoms with Crippen LogP contribution in [0.5, 0.6) is 5.75 Å². The molecule has 1 aromatic heterocycles. The third kappa shape index (κ3) is 5.72. The second-order valence-corrected chi connectivity index (χ2v) is 11.2. The molecular formula is C31H30F3N5O5. The minimum absolute atomic E-state index is 0.0351. The molecule has 1 atom stereocenters. The molecule has 230 valence electrons. The molecule has 1 saturated heterocycles. The number of alkyl halides is 3. The average Bonchev–Trinajstić information content (AvgIpc) is 3.51. The molecule has 4 heterocycles. The van der Waals surface area contributed by atoms with Gasteiger partial charge in [-0.25, -0.2) is 0 Å². The number of aromatic nitrogens is 1. The lowest BCUT2D eigenvalue weighted by Crippen LogP contribution is -2.46. The number of piperidine rings is 1. The van der Waals surface area contributed by atoms with Crippen LogP contribution < -0.4 is 15.6 Å². The van der Waals surface area contributed by atoms with Crippen LogP contribution in [0, 0.1) is 0 Å². The fourth-order valence-corrected chi connectivity index (χ4v) is 5.83. The molecule has 6 rings (SSSR count). The van der Waals surface area contributed by atoms with Crippen molar-refractivity contribution in [3.05, 3.63) is 86.8 Å². The van der Waals surface area contributed by atoms with E-state index in [2.05, 4.69) is 20.2 Å². The molecule has 0 bridgehead atoms. The number of H-pyrrole nitrogens is 1. The molecular weight excluding hydrogens is 579 g/mol. The molecule has 2 amide bonds. The van der Waals surface area contributed by atoms with E-state index in [0.29, 0.717) is 33.8 Å². The van der Waals surface area contributed by atoms with Gasteiger partial charge in [-0.1, -0.05) is 6.07 Å². The van der Waals surface area contributed by atoms with Crippen LogP contribution >= 0.6 is 0 Å². The zero-order valence-corrected chi connectivity index (χ0v) is 23.8. The van der Waals surface area contributed by atoms with E-state index in [9.17, 15) is 32.7 Å². The maximum Gasteiger partial charge on any atom is 0.416 e. The number of imide groups is 1. The molecule has 0 aliphatic carbocycles. The van der Waals surface area contributed by atoms with Gasteiger partial charge in [0.05, 0.1) is 39.3 Å². The third-order valence-corrected chi connectivity index (χ3v) is 8.17. The fourth-order valence-electron chi connectivity index (χ4n) is 5.83. The number of amides is 2. The number of carbonyl (C=O) groups is 2. The van der Waals surface area contributed by atoms with E-state index in [1.807, 2.05) is 7.05 Å². The van der Waals surface area contributed by atoms with Crippen LogP contribution in [0.2, 0.25) is 0 Å². The SMILES string of the molecule is CN1CCC(N2C(=O)c3cc4c(cc3C2=O)N=C(c2c(NCC(O)COc3cccc(C(F)(F)F)c3)cc[nH]c2=O)C4)CC1. The predicted octanol–water partition coefficient (Wildman–Crippen LogP) is 3.61. The molecule has 1 fully saturated rings. The summed E-state index contributed by atoms with van der Waals surface area (Å²) in [5.74, 6) is -0.670. The molecule has 3 N–H and O–H groups in total. The molecule has 3 aliphatic heterocycles. The summed E-state index contributed by atoms with van der Waals surface area (Å²) in [6, 6.07) is 9.14. The van der Waals surface area contributed by atoms with Crippen molar-refractivity contribution in [3.63, 3.8) is 0 Å². The highest BCUT2D eigenvalue weighted by Crippen LogP contribution is 2.37. The number of anilines is 1. The van der Waals surface area contributed by atoms with Crippen LogP contribution in [0.3, 0.4) is 0 Å². The molecule has 13 heteroatoms. The number of rotatable bonds is 8. The van der Waals surface area contributed by atoms with E-state index >= 15 is 0 Å². The second kappa shape index (κ2) is 11.5. The Labute approximate surface area is 250 Å². The highest BCUT2D eigenvalue weighted by Gasteiger charge is 2.42. The zero-order valence-electron chi connectivity index (χ0n) is 23.8. The summed E-state index contributed by atoms with van der Waals surface area (Å²) in [7, 11) is 2.01. The Balaban J connectivity index is 1.15. The van der Waals surface area contributed by atoms with Crippen LogP contribution in [0.1, 0.15) is 50.2 Å². The summed E-state index contributed by atoms with van der Waals surface area (Å²) >= 11 is 0. The number of halogens is 3. The van der Waals surface area contributed by atoms with Gasteiger partial charge in [0, 0.05) is 25.2 Å². The second-order valence-electron chi connectivity index (χ2n) is 11.2. The number of aliphatic hydroxyl groups is 1. The van der Waals surface area contributed by atoms with E-state index in [0.717, 1.165) is 38.1 Å². The standard InChI is InChI=1S/C31H30F3N5O5/c1-38-9-6-19(7-10-38)39-29(42)22-11-17-12-26(37-25(17)14-23(22)30(39)43)27-24(5-8-35-28(27)41)36-15-20(40)16-44-21-4-2-3-18(13-21)31(32,33)34/h2-5,8,11,13-14,19-20,40H,6-7,9-10,12,15-16H2,1H3,(H2,35,36,41). The number of carbonyl (C=O) groups excluding carboxylic acids is 2. The molecule has 0 spiro atoms. The Morgan fingerprint density at radius 1 is 1.09 bits per heavy atom. The Hall–Kier alpha value is -4.49. The molecule has 1 unspecified atom stereocenters. The summed E-state index contributed by atoms with van der Waals surface area (Å²) in [6.45, 7) is 1.26. The van der Waals surface area contributed by atoms with Gasteiger partial charge in [-0.2, -0.15) is 13.2 Å². The summed E-state index contributed by atoms with van der Waals surface area (Å²) in [6.07, 6.45) is -2.50. The van der Waals surface area contributed by atoms with Gasteiger partial charge < -0.3 is 25.0 Å². The maximum atomic E-state index is 13.3. The molecule has 3 aliphatic rings. The lowest BCUT2D eigenvalue weighted by Gasteiger charge is -2.33. The van der Waals surface area contributed by atoms with Gasteiger partial charge in [-0.05, 0) is 74.9 Å². The van der Waals surface area contributed by atoms with Gasteiger partial charge in [0.2, 0.25) is 0 Å². The molecule has 0 saturated carbocycles. The number of nitrogens with one attached hydrogen (secondary N) is 2.